The van der Waals surface area contributed by atoms with Gasteiger partial charge < -0.3 is 15.1 Å². The van der Waals surface area contributed by atoms with Gasteiger partial charge in [0, 0.05) is 11.3 Å². The Morgan fingerprint density at radius 1 is 1.56 bits per heavy atom. The lowest BCUT2D eigenvalue weighted by molar-refractivity contribution is -0.177. The molecule has 2 rings (SSSR count). The summed E-state index contributed by atoms with van der Waals surface area (Å²) in [7, 11) is 0. The van der Waals surface area contributed by atoms with Crippen LogP contribution in [0, 0.1) is 5.92 Å². The predicted molar refractivity (Wildman–Crippen MR) is 68.4 cm³/mol. The molecule has 2 aliphatic heterocycles. The van der Waals surface area contributed by atoms with Crippen molar-refractivity contribution in [3.8, 4) is 0 Å². The van der Waals surface area contributed by atoms with Crippen LogP contribution in [0.2, 0.25) is 0 Å². The fourth-order valence-electron chi connectivity index (χ4n) is 3.13. The van der Waals surface area contributed by atoms with Gasteiger partial charge in [-0.3, -0.25) is 4.79 Å². The number of aliphatic carboxylic acids is 1. The Morgan fingerprint density at radius 3 is 2.61 bits per heavy atom. The van der Waals surface area contributed by atoms with Crippen molar-refractivity contribution in [2.24, 2.45) is 5.92 Å². The lowest BCUT2D eigenvalue weighted by Gasteiger charge is -2.49. The maximum absolute atomic E-state index is 12.0. The fraction of sp³-hybridized carbons (Fsp3) is 0.833. The highest BCUT2D eigenvalue weighted by atomic mass is 32.2. The molecule has 0 saturated carbocycles. The van der Waals surface area contributed by atoms with Crippen LogP contribution in [0.1, 0.15) is 27.2 Å². The molecule has 0 aromatic rings. The van der Waals surface area contributed by atoms with Gasteiger partial charge in [-0.25, -0.2) is 4.79 Å². The summed E-state index contributed by atoms with van der Waals surface area (Å²) in [5.41, 5.74) is -1.08. The Bertz CT molecular complexity index is 379. The quantitative estimate of drug-likeness (QED) is 0.732. The number of fused-ring (bicyclic) bond motifs is 1. The Labute approximate surface area is 111 Å². The molecule has 2 N–H and O–H groups in total. The molecule has 18 heavy (non-hydrogen) atoms. The lowest BCUT2D eigenvalue weighted by Crippen LogP contribution is -2.67. The van der Waals surface area contributed by atoms with Crippen LogP contribution >= 0.6 is 11.8 Å². The van der Waals surface area contributed by atoms with Gasteiger partial charge in [-0.1, -0.05) is 6.92 Å². The van der Waals surface area contributed by atoms with Crippen LogP contribution in [-0.2, 0) is 9.59 Å². The summed E-state index contributed by atoms with van der Waals surface area (Å²) in [4.78, 5) is 24.8. The SMILES string of the molecule is CCSC1C[C@@H]2[C@H](C(C)(C)O)C(=O)N2C1C(=O)O. The average molecular weight is 273 g/mol. The molecule has 0 radical (unpaired) electrons. The van der Waals surface area contributed by atoms with Crippen molar-refractivity contribution >= 4 is 23.6 Å². The normalized spacial score (nSPS) is 35.3. The molecule has 2 fully saturated rings. The first-order chi connectivity index (χ1) is 8.29. The van der Waals surface area contributed by atoms with E-state index in [0.29, 0.717) is 6.42 Å². The highest BCUT2D eigenvalue weighted by Gasteiger charge is 2.63. The fourth-order valence-corrected chi connectivity index (χ4v) is 4.32. The van der Waals surface area contributed by atoms with Crippen molar-refractivity contribution in [3.63, 3.8) is 0 Å². The van der Waals surface area contributed by atoms with Gasteiger partial charge in [-0.05, 0) is 26.0 Å². The number of β-lactam (4-membered cyclic amide) rings is 1. The minimum absolute atomic E-state index is 0.0613. The average Bonchev–Trinajstić information content (AvgIpc) is 2.51. The van der Waals surface area contributed by atoms with E-state index in [-0.39, 0.29) is 17.2 Å². The summed E-state index contributed by atoms with van der Waals surface area (Å²) in [5, 5.41) is 19.2. The van der Waals surface area contributed by atoms with Crippen molar-refractivity contribution in [2.45, 2.75) is 50.1 Å². The number of thioether (sulfide) groups is 1. The van der Waals surface area contributed by atoms with Crippen LogP contribution in [0.3, 0.4) is 0 Å². The number of hydrogen-bond acceptors (Lipinski definition) is 4. The number of aliphatic hydroxyl groups is 1. The topological polar surface area (TPSA) is 77.8 Å². The molecule has 4 atom stereocenters. The van der Waals surface area contributed by atoms with Crippen molar-refractivity contribution in [1.29, 1.82) is 0 Å². The van der Waals surface area contributed by atoms with E-state index in [1.165, 1.54) is 4.90 Å². The second-order valence-corrected chi connectivity index (χ2v) is 6.97. The molecule has 0 aromatic carbocycles. The Balaban J connectivity index is 2.21. The molecule has 2 saturated heterocycles. The van der Waals surface area contributed by atoms with Gasteiger partial charge in [0.1, 0.15) is 6.04 Å². The van der Waals surface area contributed by atoms with Crippen LogP contribution in [0.25, 0.3) is 0 Å². The van der Waals surface area contributed by atoms with Crippen LogP contribution in [0.5, 0.6) is 0 Å². The molecular weight excluding hydrogens is 254 g/mol. The lowest BCUT2D eigenvalue weighted by atomic mass is 9.76. The van der Waals surface area contributed by atoms with E-state index < -0.39 is 23.5 Å². The van der Waals surface area contributed by atoms with Crippen LogP contribution in [-0.4, -0.2) is 55.7 Å². The highest BCUT2D eigenvalue weighted by Crippen LogP contribution is 2.47. The zero-order valence-electron chi connectivity index (χ0n) is 10.8. The van der Waals surface area contributed by atoms with Gasteiger partial charge in [0.2, 0.25) is 5.91 Å². The van der Waals surface area contributed by atoms with Crippen molar-refractivity contribution in [2.75, 3.05) is 5.75 Å². The number of carbonyl (C=O) groups excluding carboxylic acids is 1. The first kappa shape index (κ1) is 13.7. The highest BCUT2D eigenvalue weighted by molar-refractivity contribution is 7.99. The smallest absolute Gasteiger partial charge is 0.327 e. The van der Waals surface area contributed by atoms with Gasteiger partial charge in [0.15, 0.2) is 0 Å². The monoisotopic (exact) mass is 273 g/mol. The number of hydrogen-bond donors (Lipinski definition) is 2. The molecule has 102 valence electrons. The maximum Gasteiger partial charge on any atom is 0.327 e. The largest absolute Gasteiger partial charge is 0.480 e. The number of carboxylic acid groups (broad SMARTS) is 1. The summed E-state index contributed by atoms with van der Waals surface area (Å²) in [6.07, 6.45) is 0.663. The van der Waals surface area contributed by atoms with E-state index in [4.69, 9.17) is 0 Å². The number of rotatable bonds is 4. The van der Waals surface area contributed by atoms with Crippen LogP contribution < -0.4 is 0 Å². The summed E-state index contributed by atoms with van der Waals surface area (Å²) >= 11 is 1.58. The van der Waals surface area contributed by atoms with E-state index in [2.05, 4.69) is 0 Å². The number of nitrogens with zero attached hydrogens (tertiary/aromatic N) is 1. The molecule has 2 unspecified atom stereocenters. The van der Waals surface area contributed by atoms with Gasteiger partial charge in [-0.2, -0.15) is 11.8 Å². The third-order valence-electron chi connectivity index (χ3n) is 3.78. The second kappa shape index (κ2) is 4.42. The molecule has 0 aliphatic carbocycles. The van der Waals surface area contributed by atoms with Crippen LogP contribution in [0.15, 0.2) is 0 Å². The molecule has 5 nitrogen and oxygen atoms in total. The molecule has 6 heteroatoms. The molecule has 2 heterocycles. The zero-order valence-corrected chi connectivity index (χ0v) is 11.6. The standard InChI is InChI=1S/C12H19NO4S/c1-4-18-7-5-6-8(12(2,3)17)10(14)13(6)9(7)11(15)16/h6-9,17H,4-5H2,1-3H3,(H,15,16)/t6-,7?,8+,9?/m1/s1. The van der Waals surface area contributed by atoms with Gasteiger partial charge >= 0.3 is 5.97 Å². The summed E-state index contributed by atoms with van der Waals surface area (Å²) in [5.74, 6) is -0.789. The minimum Gasteiger partial charge on any atom is -0.480 e. The molecule has 0 bridgehead atoms. The van der Waals surface area contributed by atoms with Gasteiger partial charge in [0.05, 0.1) is 11.5 Å². The maximum atomic E-state index is 12.0. The van der Waals surface area contributed by atoms with Crippen LogP contribution in [0.4, 0.5) is 0 Å². The molecule has 0 spiro atoms. The predicted octanol–water partition coefficient (Wildman–Crippen LogP) is 0.563. The molecule has 2 aliphatic rings. The van der Waals surface area contributed by atoms with Gasteiger partial charge in [0.25, 0.3) is 0 Å². The van der Waals surface area contributed by atoms with Crippen molar-refractivity contribution in [3.05, 3.63) is 0 Å². The molecule has 1 amide bonds. The van der Waals surface area contributed by atoms with E-state index in [9.17, 15) is 19.8 Å². The van der Waals surface area contributed by atoms with Gasteiger partial charge in [-0.15, -0.1) is 0 Å². The Morgan fingerprint density at radius 2 is 2.17 bits per heavy atom. The minimum atomic E-state index is -1.08. The van der Waals surface area contributed by atoms with Crippen molar-refractivity contribution in [1.82, 2.24) is 4.90 Å². The third kappa shape index (κ3) is 1.91. The molecule has 0 aromatic heterocycles. The van der Waals surface area contributed by atoms with Crippen molar-refractivity contribution < 1.29 is 19.8 Å². The third-order valence-corrected chi connectivity index (χ3v) is 4.99. The summed E-state index contributed by atoms with van der Waals surface area (Å²) < 4.78 is 0. The van der Waals surface area contributed by atoms with E-state index in [1.54, 1.807) is 25.6 Å². The zero-order chi connectivity index (χ0) is 13.7. The molecular formula is C12H19NO4S. The first-order valence-corrected chi connectivity index (χ1v) is 7.22. The van der Waals surface area contributed by atoms with E-state index >= 15 is 0 Å². The first-order valence-electron chi connectivity index (χ1n) is 6.18. The summed E-state index contributed by atoms with van der Waals surface area (Å²) in [6.45, 7) is 5.21. The Hall–Kier alpha value is -0.750. The number of carboxylic acids is 1. The second-order valence-electron chi connectivity index (χ2n) is 5.46. The summed E-state index contributed by atoms with van der Waals surface area (Å²) in [6, 6.07) is -0.853. The Kier molecular flexibility index (Phi) is 3.36. The number of amides is 1. The number of carbonyl (C=O) groups is 2. The van der Waals surface area contributed by atoms with E-state index in [1.807, 2.05) is 6.92 Å². The van der Waals surface area contributed by atoms with E-state index in [0.717, 1.165) is 5.75 Å².